The number of likely N-dealkylation sites (tertiary alicyclic amines) is 1. The third kappa shape index (κ3) is 3.98. The van der Waals surface area contributed by atoms with E-state index in [2.05, 4.69) is 0 Å². The van der Waals surface area contributed by atoms with E-state index in [4.69, 9.17) is 5.73 Å². The highest BCUT2D eigenvalue weighted by molar-refractivity contribution is 5.76. The summed E-state index contributed by atoms with van der Waals surface area (Å²) in [7, 11) is 0. The van der Waals surface area contributed by atoms with Crippen LogP contribution in [0.15, 0.2) is 0 Å². The lowest BCUT2D eigenvalue weighted by Crippen LogP contribution is -2.45. The highest BCUT2D eigenvalue weighted by Crippen LogP contribution is 2.27. The molecule has 1 aliphatic heterocycles. The van der Waals surface area contributed by atoms with E-state index in [0.29, 0.717) is 5.91 Å². The van der Waals surface area contributed by atoms with Crippen molar-refractivity contribution in [2.45, 2.75) is 63.8 Å². The van der Waals surface area contributed by atoms with Crippen LogP contribution < -0.4 is 5.73 Å². The van der Waals surface area contributed by atoms with Gasteiger partial charge in [0.1, 0.15) is 0 Å². The van der Waals surface area contributed by atoms with Crippen molar-refractivity contribution < 1.29 is 4.79 Å². The Morgan fingerprint density at radius 2 is 1.88 bits per heavy atom. The van der Waals surface area contributed by atoms with E-state index in [1.54, 1.807) is 0 Å². The summed E-state index contributed by atoms with van der Waals surface area (Å²) in [5.74, 6) is 1.15. The van der Waals surface area contributed by atoms with Crippen LogP contribution >= 0.6 is 0 Å². The van der Waals surface area contributed by atoms with E-state index in [9.17, 15) is 4.79 Å². The Hall–Kier alpha value is -0.570. The average molecular weight is 238 g/mol. The summed E-state index contributed by atoms with van der Waals surface area (Å²) in [5.41, 5.74) is 5.91. The van der Waals surface area contributed by atoms with Crippen molar-refractivity contribution in [1.82, 2.24) is 4.90 Å². The predicted octanol–water partition coefficient (Wildman–Crippen LogP) is 2.30. The van der Waals surface area contributed by atoms with Crippen molar-refractivity contribution in [3.05, 3.63) is 0 Å². The van der Waals surface area contributed by atoms with Gasteiger partial charge in [0.15, 0.2) is 0 Å². The number of nitrogens with zero attached hydrogens (tertiary/aromatic N) is 1. The minimum Gasteiger partial charge on any atom is -0.341 e. The number of hydrogen-bond donors (Lipinski definition) is 1. The molecule has 0 aromatic heterocycles. The van der Waals surface area contributed by atoms with Gasteiger partial charge in [-0.15, -0.1) is 0 Å². The summed E-state index contributed by atoms with van der Waals surface area (Å²) in [6.07, 6.45) is 10.8. The molecule has 1 saturated carbocycles. The summed E-state index contributed by atoms with van der Waals surface area (Å²) in [5, 5.41) is 0. The van der Waals surface area contributed by atoms with Gasteiger partial charge in [-0.05, 0) is 25.2 Å². The van der Waals surface area contributed by atoms with E-state index in [-0.39, 0.29) is 6.04 Å². The van der Waals surface area contributed by atoms with Gasteiger partial charge in [-0.1, -0.05) is 32.1 Å². The van der Waals surface area contributed by atoms with E-state index in [1.165, 1.54) is 32.1 Å². The normalized spacial score (nSPS) is 27.1. The first-order chi connectivity index (χ1) is 8.25. The van der Waals surface area contributed by atoms with Crippen molar-refractivity contribution in [1.29, 1.82) is 0 Å². The molecule has 2 aliphatic rings. The molecule has 1 heterocycles. The molecule has 1 amide bonds. The minimum atomic E-state index is 0.211. The second-order valence-corrected chi connectivity index (χ2v) is 5.78. The summed E-state index contributed by atoms with van der Waals surface area (Å²) >= 11 is 0. The van der Waals surface area contributed by atoms with Gasteiger partial charge in [-0.2, -0.15) is 0 Å². The first kappa shape index (κ1) is 12.9. The summed E-state index contributed by atoms with van der Waals surface area (Å²) in [4.78, 5) is 14.0. The summed E-state index contributed by atoms with van der Waals surface area (Å²) in [6, 6.07) is 0.211. The number of amides is 1. The van der Waals surface area contributed by atoms with Crippen molar-refractivity contribution in [3.8, 4) is 0 Å². The maximum absolute atomic E-state index is 12.1. The van der Waals surface area contributed by atoms with Gasteiger partial charge < -0.3 is 10.6 Å². The largest absolute Gasteiger partial charge is 0.341 e. The van der Waals surface area contributed by atoms with Crippen molar-refractivity contribution >= 4 is 5.91 Å². The van der Waals surface area contributed by atoms with Crippen LogP contribution in [0.1, 0.15) is 57.8 Å². The van der Waals surface area contributed by atoms with Crippen LogP contribution in [0, 0.1) is 5.92 Å². The van der Waals surface area contributed by atoms with Crippen LogP contribution in [-0.4, -0.2) is 29.9 Å². The molecule has 17 heavy (non-hydrogen) atoms. The number of nitrogens with two attached hydrogens (primary N) is 1. The van der Waals surface area contributed by atoms with E-state index in [0.717, 1.165) is 44.7 Å². The Labute approximate surface area is 105 Å². The SMILES string of the molecule is NC1CCCN(C(=O)CCC2CCCCC2)C1. The molecule has 0 aromatic carbocycles. The maximum atomic E-state index is 12.1. The molecule has 1 aliphatic carbocycles. The highest BCUT2D eigenvalue weighted by atomic mass is 16.2. The third-order valence-electron chi connectivity index (χ3n) is 4.30. The molecule has 3 nitrogen and oxygen atoms in total. The lowest BCUT2D eigenvalue weighted by atomic mass is 9.86. The first-order valence-electron chi connectivity index (χ1n) is 7.29. The molecule has 2 rings (SSSR count). The fourth-order valence-electron chi connectivity index (χ4n) is 3.20. The monoisotopic (exact) mass is 238 g/mol. The van der Waals surface area contributed by atoms with Crippen molar-refractivity contribution in [3.63, 3.8) is 0 Å². The Morgan fingerprint density at radius 3 is 2.59 bits per heavy atom. The maximum Gasteiger partial charge on any atom is 0.222 e. The molecular formula is C14H26N2O. The minimum absolute atomic E-state index is 0.211. The van der Waals surface area contributed by atoms with Crippen LogP contribution in [0.4, 0.5) is 0 Å². The topological polar surface area (TPSA) is 46.3 Å². The zero-order valence-corrected chi connectivity index (χ0v) is 10.9. The molecule has 0 aromatic rings. The summed E-state index contributed by atoms with van der Waals surface area (Å²) in [6.45, 7) is 1.71. The standard InChI is InChI=1S/C14H26N2O/c15-13-7-4-10-16(11-13)14(17)9-8-12-5-2-1-3-6-12/h12-13H,1-11,15H2. The Bertz CT molecular complexity index is 249. The van der Waals surface area contributed by atoms with Crippen LogP contribution in [-0.2, 0) is 4.79 Å². The average Bonchev–Trinajstić information content (AvgIpc) is 2.37. The smallest absolute Gasteiger partial charge is 0.222 e. The van der Waals surface area contributed by atoms with Gasteiger partial charge in [-0.3, -0.25) is 4.79 Å². The first-order valence-corrected chi connectivity index (χ1v) is 7.29. The third-order valence-corrected chi connectivity index (χ3v) is 4.30. The molecule has 98 valence electrons. The van der Waals surface area contributed by atoms with Gasteiger partial charge in [0, 0.05) is 25.6 Å². The summed E-state index contributed by atoms with van der Waals surface area (Å²) < 4.78 is 0. The fraction of sp³-hybridized carbons (Fsp3) is 0.929. The van der Waals surface area contributed by atoms with Gasteiger partial charge in [0.2, 0.25) is 5.91 Å². The molecule has 0 spiro atoms. The molecule has 1 unspecified atom stereocenters. The Morgan fingerprint density at radius 1 is 1.12 bits per heavy atom. The quantitative estimate of drug-likeness (QED) is 0.820. The van der Waals surface area contributed by atoms with Crippen molar-refractivity contribution in [2.75, 3.05) is 13.1 Å². The molecule has 1 saturated heterocycles. The lowest BCUT2D eigenvalue weighted by Gasteiger charge is -2.31. The van der Waals surface area contributed by atoms with Crippen molar-refractivity contribution in [2.24, 2.45) is 11.7 Å². The molecule has 2 N–H and O–H groups in total. The van der Waals surface area contributed by atoms with Crippen LogP contribution in [0.5, 0.6) is 0 Å². The Kier molecular flexibility index (Phi) is 4.84. The second-order valence-electron chi connectivity index (χ2n) is 5.78. The zero-order chi connectivity index (χ0) is 12.1. The molecule has 0 bridgehead atoms. The van der Waals surface area contributed by atoms with Gasteiger partial charge >= 0.3 is 0 Å². The number of piperidine rings is 1. The van der Waals surface area contributed by atoms with Gasteiger partial charge in [-0.25, -0.2) is 0 Å². The number of rotatable bonds is 3. The number of carbonyl (C=O) groups is 1. The predicted molar refractivity (Wildman–Crippen MR) is 69.6 cm³/mol. The lowest BCUT2D eigenvalue weighted by molar-refractivity contribution is -0.132. The Balaban J connectivity index is 1.69. The van der Waals surface area contributed by atoms with E-state index < -0.39 is 0 Å². The second kappa shape index (κ2) is 6.39. The van der Waals surface area contributed by atoms with Crippen LogP contribution in [0.25, 0.3) is 0 Å². The number of hydrogen-bond acceptors (Lipinski definition) is 2. The molecular weight excluding hydrogens is 212 g/mol. The number of carbonyl (C=O) groups excluding carboxylic acids is 1. The van der Waals surface area contributed by atoms with Crippen LogP contribution in [0.3, 0.4) is 0 Å². The fourth-order valence-corrected chi connectivity index (χ4v) is 3.20. The van der Waals surface area contributed by atoms with E-state index >= 15 is 0 Å². The molecule has 0 radical (unpaired) electrons. The van der Waals surface area contributed by atoms with Gasteiger partial charge in [0.25, 0.3) is 0 Å². The highest BCUT2D eigenvalue weighted by Gasteiger charge is 2.22. The molecule has 3 heteroatoms. The van der Waals surface area contributed by atoms with E-state index in [1.807, 2.05) is 4.90 Å². The molecule has 1 atom stereocenters. The van der Waals surface area contributed by atoms with Gasteiger partial charge in [0.05, 0.1) is 0 Å². The molecule has 2 fully saturated rings. The zero-order valence-electron chi connectivity index (χ0n) is 10.9. The van der Waals surface area contributed by atoms with Crippen LogP contribution in [0.2, 0.25) is 0 Å².